The molecule has 1 aromatic carbocycles. The van der Waals surface area contributed by atoms with E-state index in [1.54, 1.807) is 0 Å². The third kappa shape index (κ3) is 2.97. The van der Waals surface area contributed by atoms with Crippen molar-refractivity contribution in [3.63, 3.8) is 0 Å². The van der Waals surface area contributed by atoms with Crippen molar-refractivity contribution in [3.05, 3.63) is 35.5 Å². The lowest BCUT2D eigenvalue weighted by molar-refractivity contribution is -0.149. The van der Waals surface area contributed by atoms with E-state index in [0.29, 0.717) is 29.8 Å². The first-order valence-corrected chi connectivity index (χ1v) is 11.1. The summed E-state index contributed by atoms with van der Waals surface area (Å²) in [5, 5.41) is 1.89. The van der Waals surface area contributed by atoms with Crippen LogP contribution in [0, 0.1) is 11.8 Å². The molecule has 5 heteroatoms. The van der Waals surface area contributed by atoms with Crippen LogP contribution in [0.3, 0.4) is 0 Å². The molecule has 0 radical (unpaired) electrons. The van der Waals surface area contributed by atoms with Crippen molar-refractivity contribution in [1.29, 1.82) is 0 Å². The quantitative estimate of drug-likeness (QED) is 0.739. The molecular weight excluding hydrogens is 370 g/mol. The fraction of sp³-hybridized carbons (Fsp3) is 0.565. The number of carbonyl (C=O) groups is 1. The van der Waals surface area contributed by atoms with Gasteiger partial charge in [-0.1, -0.05) is 24.9 Å². The number of carbonyl (C=O) groups excluding carboxylic acids is 1. The average molecular weight is 398 g/mol. The molecule has 3 fully saturated rings. The molecule has 4 heterocycles. The van der Waals surface area contributed by atoms with Gasteiger partial charge in [-0.2, -0.15) is 0 Å². The van der Waals surface area contributed by atoms with E-state index in [-0.39, 0.29) is 0 Å². The molecule has 4 atom stereocenters. The minimum atomic E-state index is 0.401. The highest BCUT2D eigenvalue weighted by atomic mass is 35.5. The second-order valence-corrected chi connectivity index (χ2v) is 9.21. The topological polar surface area (TPSA) is 36.4 Å². The van der Waals surface area contributed by atoms with E-state index in [2.05, 4.69) is 27.8 Å². The number of halogens is 1. The predicted octanol–water partition coefficient (Wildman–Crippen LogP) is 4.89. The van der Waals surface area contributed by atoms with E-state index in [0.717, 1.165) is 54.7 Å². The summed E-state index contributed by atoms with van der Waals surface area (Å²) in [4.78, 5) is 22.2. The van der Waals surface area contributed by atoms with Crippen molar-refractivity contribution in [1.82, 2.24) is 9.88 Å². The van der Waals surface area contributed by atoms with Crippen molar-refractivity contribution >= 4 is 34.1 Å². The number of hydrogen-bond acceptors (Lipinski definition) is 3. The summed E-state index contributed by atoms with van der Waals surface area (Å²) in [6.07, 6.45) is 8.39. The first-order valence-electron chi connectivity index (χ1n) is 10.8. The van der Waals surface area contributed by atoms with Gasteiger partial charge >= 0.3 is 0 Å². The number of rotatable bonds is 3. The van der Waals surface area contributed by atoms with Gasteiger partial charge in [-0.25, -0.2) is 0 Å². The van der Waals surface area contributed by atoms with Crippen molar-refractivity contribution in [2.75, 3.05) is 18.0 Å². The average Bonchev–Trinajstić information content (AvgIpc) is 2.70. The van der Waals surface area contributed by atoms with Gasteiger partial charge in [0, 0.05) is 53.9 Å². The molecule has 5 rings (SSSR count). The summed E-state index contributed by atoms with van der Waals surface area (Å²) in [6, 6.07) is 8.93. The van der Waals surface area contributed by atoms with Crippen LogP contribution in [0.2, 0.25) is 5.02 Å². The minimum absolute atomic E-state index is 0.401. The van der Waals surface area contributed by atoms with Gasteiger partial charge in [0.1, 0.15) is 0 Å². The Kier molecular flexibility index (Phi) is 4.70. The highest BCUT2D eigenvalue weighted by Gasteiger charge is 2.49. The van der Waals surface area contributed by atoms with Crippen LogP contribution >= 0.6 is 11.6 Å². The van der Waals surface area contributed by atoms with Gasteiger partial charge in [-0.3, -0.25) is 9.78 Å². The van der Waals surface area contributed by atoms with E-state index >= 15 is 0 Å². The molecule has 0 N–H and O–H groups in total. The molecule has 148 valence electrons. The molecule has 1 amide bonds. The molecular formula is C23H28ClN3O. The minimum Gasteiger partial charge on any atom is -0.370 e. The summed E-state index contributed by atoms with van der Waals surface area (Å²) in [7, 11) is 0. The van der Waals surface area contributed by atoms with Crippen molar-refractivity contribution in [2.45, 2.75) is 57.5 Å². The maximum absolute atomic E-state index is 12.8. The van der Waals surface area contributed by atoms with Crippen LogP contribution in [-0.2, 0) is 4.79 Å². The number of amides is 1. The molecule has 0 spiro atoms. The largest absolute Gasteiger partial charge is 0.370 e. The molecule has 3 saturated heterocycles. The molecule has 2 bridgehead atoms. The number of pyridine rings is 1. The van der Waals surface area contributed by atoms with Gasteiger partial charge in [0.25, 0.3) is 0 Å². The molecule has 0 unspecified atom stereocenters. The Balaban J connectivity index is 1.52. The fourth-order valence-electron chi connectivity index (χ4n) is 6.02. The lowest BCUT2D eigenvalue weighted by Gasteiger charge is -2.57. The number of piperidine rings is 3. The summed E-state index contributed by atoms with van der Waals surface area (Å²) in [6.45, 7) is 4.28. The molecule has 4 nitrogen and oxygen atoms in total. The predicted molar refractivity (Wildman–Crippen MR) is 114 cm³/mol. The standard InChI is InChI=1S/C23H28ClN3O/c1-2-4-20-15-11-16(21-5-3-6-23(28)27(20)21)14-26(13-15)22-9-10-25-19-8-7-17(24)12-18(19)22/h7-10,12,15-16,20-21H,2-6,11,13-14H2,1H3/t15-,16+,20-,21-/m0/s1. The second kappa shape index (κ2) is 7.22. The van der Waals surface area contributed by atoms with Crippen molar-refractivity contribution in [2.24, 2.45) is 11.8 Å². The van der Waals surface area contributed by atoms with Crippen LogP contribution in [0.4, 0.5) is 5.69 Å². The number of fused-ring (bicyclic) bond motifs is 5. The Bertz CT molecular complexity index is 901. The summed E-state index contributed by atoms with van der Waals surface area (Å²) in [5.41, 5.74) is 2.24. The Hall–Kier alpha value is -1.81. The van der Waals surface area contributed by atoms with Crippen LogP contribution in [0.5, 0.6) is 0 Å². The van der Waals surface area contributed by atoms with Crippen molar-refractivity contribution < 1.29 is 4.79 Å². The number of benzene rings is 1. The zero-order chi connectivity index (χ0) is 19.3. The van der Waals surface area contributed by atoms with E-state index in [9.17, 15) is 4.79 Å². The maximum atomic E-state index is 12.8. The van der Waals surface area contributed by atoms with Gasteiger partial charge in [0.2, 0.25) is 5.91 Å². The van der Waals surface area contributed by atoms with Gasteiger partial charge < -0.3 is 9.80 Å². The van der Waals surface area contributed by atoms with E-state index < -0.39 is 0 Å². The van der Waals surface area contributed by atoms with E-state index in [4.69, 9.17) is 11.6 Å². The molecule has 0 aliphatic carbocycles. The molecule has 1 aromatic heterocycles. The van der Waals surface area contributed by atoms with Gasteiger partial charge in [0.05, 0.1) is 5.52 Å². The SMILES string of the molecule is CCC[C@H]1[C@H]2C[C@H](CN(c3ccnc4ccc(Cl)cc34)C2)[C@@H]2CCCC(=O)N21. The number of hydrogen-bond donors (Lipinski definition) is 0. The normalized spacial score (nSPS) is 29.9. The number of aromatic nitrogens is 1. The molecule has 2 aromatic rings. The Morgan fingerprint density at radius 3 is 2.93 bits per heavy atom. The van der Waals surface area contributed by atoms with Crippen molar-refractivity contribution in [3.8, 4) is 0 Å². The zero-order valence-electron chi connectivity index (χ0n) is 16.5. The molecule has 3 aliphatic heterocycles. The van der Waals surface area contributed by atoms with Crippen LogP contribution in [0.1, 0.15) is 45.4 Å². The fourth-order valence-corrected chi connectivity index (χ4v) is 6.19. The first kappa shape index (κ1) is 18.2. The second-order valence-electron chi connectivity index (χ2n) is 8.77. The smallest absolute Gasteiger partial charge is 0.223 e. The monoisotopic (exact) mass is 397 g/mol. The van der Waals surface area contributed by atoms with Crippen LogP contribution in [-0.4, -0.2) is 41.0 Å². The zero-order valence-corrected chi connectivity index (χ0v) is 17.2. The van der Waals surface area contributed by atoms with Gasteiger partial charge in [-0.05, 0) is 61.8 Å². The summed E-state index contributed by atoms with van der Waals surface area (Å²) >= 11 is 6.31. The van der Waals surface area contributed by atoms with Gasteiger partial charge in [-0.15, -0.1) is 0 Å². The van der Waals surface area contributed by atoms with Crippen LogP contribution in [0.15, 0.2) is 30.5 Å². The summed E-state index contributed by atoms with van der Waals surface area (Å²) < 4.78 is 0. The Morgan fingerprint density at radius 1 is 1.21 bits per heavy atom. The third-order valence-corrected chi connectivity index (χ3v) is 7.34. The molecule has 28 heavy (non-hydrogen) atoms. The number of nitrogens with zero attached hydrogens (tertiary/aromatic N) is 3. The third-order valence-electron chi connectivity index (χ3n) is 7.10. The lowest BCUT2D eigenvalue weighted by Crippen LogP contribution is -2.65. The Morgan fingerprint density at radius 2 is 2.07 bits per heavy atom. The lowest BCUT2D eigenvalue weighted by atomic mass is 9.71. The molecule has 0 saturated carbocycles. The highest BCUT2D eigenvalue weighted by molar-refractivity contribution is 6.31. The van der Waals surface area contributed by atoms with Gasteiger partial charge in [0.15, 0.2) is 0 Å². The van der Waals surface area contributed by atoms with E-state index in [1.807, 2.05) is 24.4 Å². The van der Waals surface area contributed by atoms with Crippen LogP contribution < -0.4 is 4.90 Å². The van der Waals surface area contributed by atoms with Crippen LogP contribution in [0.25, 0.3) is 10.9 Å². The van der Waals surface area contributed by atoms with E-state index in [1.165, 1.54) is 18.5 Å². The molecule has 3 aliphatic rings. The highest BCUT2D eigenvalue weighted by Crippen LogP contribution is 2.44. The summed E-state index contributed by atoms with van der Waals surface area (Å²) in [5.74, 6) is 1.52. The number of anilines is 1. The first-order chi connectivity index (χ1) is 13.7. The maximum Gasteiger partial charge on any atom is 0.223 e. The Labute approximate surface area is 171 Å².